The fraction of sp³-hybridized carbons (Fsp3) is 0.381. The Hall–Kier alpha value is -2.40. The molecule has 0 fully saturated rings. The van der Waals surface area contributed by atoms with Gasteiger partial charge in [-0.05, 0) is 47.4 Å². The van der Waals surface area contributed by atoms with E-state index in [0.717, 1.165) is 28.4 Å². The summed E-state index contributed by atoms with van der Waals surface area (Å²) >= 11 is 6.04. The van der Waals surface area contributed by atoms with Crippen molar-refractivity contribution in [2.75, 3.05) is 13.2 Å². The SMILES string of the molecule is CC(C)C(NC(=O)C1Cc2cc(Cl)ccc2O1)c1ccc2c(c1)OCCO2. The Balaban J connectivity index is 1.50. The van der Waals surface area contributed by atoms with E-state index in [1.165, 1.54) is 0 Å². The number of hydrogen-bond acceptors (Lipinski definition) is 4. The van der Waals surface area contributed by atoms with Gasteiger partial charge in [0, 0.05) is 11.4 Å². The summed E-state index contributed by atoms with van der Waals surface area (Å²) < 4.78 is 17.1. The van der Waals surface area contributed by atoms with Crippen LogP contribution in [0.3, 0.4) is 0 Å². The van der Waals surface area contributed by atoms with Gasteiger partial charge in [-0.25, -0.2) is 0 Å². The van der Waals surface area contributed by atoms with Gasteiger partial charge in [0.1, 0.15) is 19.0 Å². The number of nitrogens with one attached hydrogen (secondary N) is 1. The van der Waals surface area contributed by atoms with Crippen LogP contribution in [0.15, 0.2) is 36.4 Å². The monoisotopic (exact) mass is 387 g/mol. The first-order valence-corrected chi connectivity index (χ1v) is 9.54. The minimum absolute atomic E-state index is 0.129. The summed E-state index contributed by atoms with van der Waals surface area (Å²) in [6.07, 6.45) is -0.0230. The Bertz CT molecular complexity index is 867. The zero-order valence-electron chi connectivity index (χ0n) is 15.3. The van der Waals surface area contributed by atoms with Gasteiger partial charge in [0.15, 0.2) is 17.6 Å². The number of hydrogen-bond donors (Lipinski definition) is 1. The first kappa shape index (κ1) is 18.0. The lowest BCUT2D eigenvalue weighted by Crippen LogP contribution is -2.41. The van der Waals surface area contributed by atoms with Crippen LogP contribution in [0.4, 0.5) is 0 Å². The Morgan fingerprint density at radius 1 is 1.07 bits per heavy atom. The molecule has 2 aromatic rings. The number of halogens is 1. The number of carbonyl (C=O) groups excluding carboxylic acids is 1. The Morgan fingerprint density at radius 3 is 2.59 bits per heavy atom. The molecule has 0 spiro atoms. The van der Waals surface area contributed by atoms with Crippen LogP contribution in [0.5, 0.6) is 17.2 Å². The highest BCUT2D eigenvalue weighted by atomic mass is 35.5. The van der Waals surface area contributed by atoms with Crippen molar-refractivity contribution in [2.45, 2.75) is 32.4 Å². The van der Waals surface area contributed by atoms with Gasteiger partial charge in [-0.1, -0.05) is 31.5 Å². The van der Waals surface area contributed by atoms with E-state index < -0.39 is 6.10 Å². The van der Waals surface area contributed by atoms with Crippen LogP contribution in [0.2, 0.25) is 5.02 Å². The molecule has 1 N–H and O–H groups in total. The maximum atomic E-state index is 12.9. The van der Waals surface area contributed by atoms with E-state index in [4.69, 9.17) is 25.8 Å². The van der Waals surface area contributed by atoms with Crippen LogP contribution in [0.25, 0.3) is 0 Å². The molecule has 0 saturated heterocycles. The molecule has 2 aliphatic heterocycles. The third-order valence-electron chi connectivity index (χ3n) is 4.88. The predicted molar refractivity (Wildman–Crippen MR) is 103 cm³/mol. The molecule has 0 radical (unpaired) electrons. The van der Waals surface area contributed by atoms with Gasteiger partial charge in [0.25, 0.3) is 5.91 Å². The van der Waals surface area contributed by atoms with Crippen LogP contribution in [0.1, 0.15) is 31.0 Å². The topological polar surface area (TPSA) is 56.8 Å². The molecule has 2 atom stereocenters. The molecule has 0 bridgehead atoms. The number of carbonyl (C=O) groups is 1. The maximum absolute atomic E-state index is 12.9. The molecule has 2 heterocycles. The lowest BCUT2D eigenvalue weighted by molar-refractivity contribution is -0.128. The minimum Gasteiger partial charge on any atom is -0.486 e. The molecule has 0 aliphatic carbocycles. The van der Waals surface area contributed by atoms with E-state index in [2.05, 4.69) is 19.2 Å². The van der Waals surface area contributed by atoms with Crippen molar-refractivity contribution >= 4 is 17.5 Å². The zero-order chi connectivity index (χ0) is 19.0. The summed E-state index contributed by atoms with van der Waals surface area (Å²) in [7, 11) is 0. The van der Waals surface area contributed by atoms with Gasteiger partial charge in [0.05, 0.1) is 6.04 Å². The van der Waals surface area contributed by atoms with Crippen molar-refractivity contribution in [2.24, 2.45) is 5.92 Å². The van der Waals surface area contributed by atoms with Gasteiger partial charge in [-0.3, -0.25) is 4.79 Å². The summed E-state index contributed by atoms with van der Waals surface area (Å²) in [5, 5.41) is 3.79. The first-order valence-electron chi connectivity index (χ1n) is 9.16. The molecular formula is C21H22ClNO4. The number of amides is 1. The van der Waals surface area contributed by atoms with E-state index in [9.17, 15) is 4.79 Å². The van der Waals surface area contributed by atoms with Gasteiger partial charge in [0.2, 0.25) is 0 Å². The average Bonchev–Trinajstić information content (AvgIpc) is 3.08. The van der Waals surface area contributed by atoms with Crippen LogP contribution in [-0.2, 0) is 11.2 Å². The van der Waals surface area contributed by atoms with Crippen molar-refractivity contribution in [3.8, 4) is 17.2 Å². The lowest BCUT2D eigenvalue weighted by atomic mass is 9.95. The molecule has 5 nitrogen and oxygen atoms in total. The smallest absolute Gasteiger partial charge is 0.261 e. The van der Waals surface area contributed by atoms with Crippen molar-refractivity contribution in [3.63, 3.8) is 0 Å². The van der Waals surface area contributed by atoms with Crippen LogP contribution in [0, 0.1) is 5.92 Å². The zero-order valence-corrected chi connectivity index (χ0v) is 16.1. The number of ether oxygens (including phenoxy) is 3. The van der Waals surface area contributed by atoms with E-state index >= 15 is 0 Å². The van der Waals surface area contributed by atoms with Gasteiger partial charge in [-0.15, -0.1) is 0 Å². The molecule has 4 rings (SSSR count). The van der Waals surface area contributed by atoms with Gasteiger partial charge < -0.3 is 19.5 Å². The Morgan fingerprint density at radius 2 is 1.81 bits per heavy atom. The first-order chi connectivity index (χ1) is 13.0. The van der Waals surface area contributed by atoms with Gasteiger partial charge >= 0.3 is 0 Å². The fourth-order valence-corrected chi connectivity index (χ4v) is 3.69. The maximum Gasteiger partial charge on any atom is 0.261 e. The molecule has 0 aromatic heterocycles. The summed E-state index contributed by atoms with van der Waals surface area (Å²) in [5.41, 5.74) is 1.95. The Kier molecular flexibility index (Phi) is 4.87. The van der Waals surface area contributed by atoms with E-state index in [-0.39, 0.29) is 17.9 Å². The highest BCUT2D eigenvalue weighted by molar-refractivity contribution is 6.30. The van der Waals surface area contributed by atoms with Crippen molar-refractivity contribution in [1.29, 1.82) is 0 Å². The third kappa shape index (κ3) is 3.69. The highest BCUT2D eigenvalue weighted by Gasteiger charge is 2.31. The van der Waals surface area contributed by atoms with Crippen LogP contribution >= 0.6 is 11.6 Å². The summed E-state index contributed by atoms with van der Waals surface area (Å²) in [6, 6.07) is 11.1. The molecule has 1 amide bonds. The third-order valence-corrected chi connectivity index (χ3v) is 5.11. The molecule has 2 aliphatic rings. The minimum atomic E-state index is -0.545. The molecule has 6 heteroatoms. The van der Waals surface area contributed by atoms with E-state index in [0.29, 0.717) is 24.7 Å². The number of rotatable bonds is 4. The molecule has 2 aromatic carbocycles. The average molecular weight is 388 g/mol. The molecule has 27 heavy (non-hydrogen) atoms. The van der Waals surface area contributed by atoms with Crippen molar-refractivity contribution < 1.29 is 19.0 Å². The fourth-order valence-electron chi connectivity index (χ4n) is 3.50. The number of benzene rings is 2. The van der Waals surface area contributed by atoms with Crippen molar-refractivity contribution in [3.05, 3.63) is 52.5 Å². The van der Waals surface area contributed by atoms with Crippen LogP contribution < -0.4 is 19.5 Å². The van der Waals surface area contributed by atoms with Crippen LogP contribution in [-0.4, -0.2) is 25.2 Å². The van der Waals surface area contributed by atoms with E-state index in [1.54, 1.807) is 6.07 Å². The summed E-state index contributed by atoms with van der Waals surface area (Å²) in [6.45, 7) is 5.24. The molecule has 142 valence electrons. The standard InChI is InChI=1S/C21H22ClNO4/c1-12(2)20(13-3-5-17-18(10-13)26-8-7-25-17)23-21(24)19-11-14-9-15(22)4-6-16(14)27-19/h3-6,9-10,12,19-20H,7-8,11H2,1-2H3,(H,23,24). The number of fused-ring (bicyclic) bond motifs is 2. The highest BCUT2D eigenvalue weighted by Crippen LogP contribution is 2.35. The Labute approximate surface area is 163 Å². The molecule has 0 saturated carbocycles. The second-order valence-electron chi connectivity index (χ2n) is 7.20. The predicted octanol–water partition coefficient (Wildman–Crippen LogP) is 3.93. The quantitative estimate of drug-likeness (QED) is 0.863. The largest absolute Gasteiger partial charge is 0.486 e. The second-order valence-corrected chi connectivity index (χ2v) is 7.63. The lowest BCUT2D eigenvalue weighted by Gasteiger charge is -2.26. The summed E-state index contributed by atoms with van der Waals surface area (Å²) in [4.78, 5) is 12.9. The normalized spacial score (nSPS) is 18.6. The van der Waals surface area contributed by atoms with Gasteiger partial charge in [-0.2, -0.15) is 0 Å². The molecular weight excluding hydrogens is 366 g/mol. The van der Waals surface area contributed by atoms with E-state index in [1.807, 2.05) is 30.3 Å². The van der Waals surface area contributed by atoms with Crippen molar-refractivity contribution in [1.82, 2.24) is 5.32 Å². The summed E-state index contributed by atoms with van der Waals surface area (Å²) in [5.74, 6) is 2.26. The molecule has 2 unspecified atom stereocenters. The second kappa shape index (κ2) is 7.31.